The van der Waals surface area contributed by atoms with E-state index >= 15 is 0 Å². The van der Waals surface area contributed by atoms with Gasteiger partial charge >= 0.3 is 0 Å². The highest BCUT2D eigenvalue weighted by molar-refractivity contribution is 5.87. The largest absolute Gasteiger partial charge is 0.363 e. The molecule has 30 heavy (non-hydrogen) atoms. The van der Waals surface area contributed by atoms with Gasteiger partial charge in [0.05, 0.1) is 12.2 Å². The maximum Gasteiger partial charge on any atom is 0.246 e. The fourth-order valence-corrected chi connectivity index (χ4v) is 5.03. The smallest absolute Gasteiger partial charge is 0.246 e. The van der Waals surface area contributed by atoms with Crippen molar-refractivity contribution in [2.45, 2.75) is 38.0 Å². The van der Waals surface area contributed by atoms with Gasteiger partial charge in [0, 0.05) is 31.4 Å². The van der Waals surface area contributed by atoms with Gasteiger partial charge in [0.15, 0.2) is 11.6 Å². The third-order valence-corrected chi connectivity index (χ3v) is 6.35. The van der Waals surface area contributed by atoms with Crippen molar-refractivity contribution < 1.29 is 9.18 Å². The zero-order valence-corrected chi connectivity index (χ0v) is 16.9. The highest BCUT2D eigenvalue weighted by Crippen LogP contribution is 2.39. The number of hydrogen-bond acceptors (Lipinski definition) is 6. The van der Waals surface area contributed by atoms with E-state index in [1.165, 1.54) is 23.4 Å². The van der Waals surface area contributed by atoms with Crippen molar-refractivity contribution in [2.75, 3.05) is 24.2 Å². The first kappa shape index (κ1) is 19.0. The molecule has 1 aromatic heterocycles. The van der Waals surface area contributed by atoms with Crippen molar-refractivity contribution >= 4 is 23.4 Å². The highest BCUT2D eigenvalue weighted by atomic mass is 19.1. The number of nitrogens with one attached hydrogen (secondary N) is 2. The second-order valence-corrected chi connectivity index (χ2v) is 8.52. The molecule has 3 unspecified atom stereocenters. The van der Waals surface area contributed by atoms with E-state index in [2.05, 4.69) is 51.3 Å². The van der Waals surface area contributed by atoms with E-state index in [0.29, 0.717) is 11.9 Å². The molecule has 1 aromatic carbocycles. The summed E-state index contributed by atoms with van der Waals surface area (Å²) >= 11 is 0. The van der Waals surface area contributed by atoms with Gasteiger partial charge in [0.25, 0.3) is 0 Å². The van der Waals surface area contributed by atoms with Gasteiger partial charge in [-0.3, -0.25) is 9.69 Å². The van der Waals surface area contributed by atoms with Crippen LogP contribution in [0, 0.1) is 11.7 Å². The van der Waals surface area contributed by atoms with Gasteiger partial charge in [-0.25, -0.2) is 9.37 Å². The van der Waals surface area contributed by atoms with Crippen LogP contribution in [0.5, 0.6) is 0 Å². The quantitative estimate of drug-likeness (QED) is 0.742. The lowest BCUT2D eigenvalue weighted by Gasteiger charge is -2.33. The summed E-state index contributed by atoms with van der Waals surface area (Å²) in [6.07, 6.45) is 4.35. The van der Waals surface area contributed by atoms with Crippen LogP contribution in [-0.4, -0.2) is 51.4 Å². The number of benzene rings is 1. The molecule has 7 nitrogen and oxygen atoms in total. The summed E-state index contributed by atoms with van der Waals surface area (Å²) in [6.45, 7) is 6.20. The number of carbonyl (C=O) groups excluding carboxylic acids is 1. The number of fused-ring (bicyclic) bond motifs is 3. The van der Waals surface area contributed by atoms with Gasteiger partial charge in [-0.05, 0) is 55.1 Å². The number of carbonyl (C=O) groups is 1. The Bertz CT molecular complexity index is 1010. The summed E-state index contributed by atoms with van der Waals surface area (Å²) in [6, 6.07) is 6.20. The molecule has 8 heteroatoms. The first-order valence-corrected chi connectivity index (χ1v) is 10.3. The molecular formula is C22H25FN6O. The van der Waals surface area contributed by atoms with E-state index in [4.69, 9.17) is 0 Å². The number of nitrogens with zero attached hydrogens (tertiary/aromatic N) is 4. The standard InChI is InChI=1S/C22H25FN6O/c1-3-20(30)29-10-13-6-18(19(29)7-13)26-21-17(23)9-24-22(27-21)25-16-5-4-14-11-28(2)12-15(14)8-16/h3-5,8-9,13,18-19H,1,6-7,10-12H2,2H3,(H2,24,25,26,27). The lowest BCUT2D eigenvalue weighted by Crippen LogP contribution is -2.47. The van der Waals surface area contributed by atoms with Gasteiger partial charge in [0.1, 0.15) is 0 Å². The second kappa shape index (κ2) is 7.36. The Balaban J connectivity index is 1.32. The highest BCUT2D eigenvalue weighted by Gasteiger charge is 2.46. The number of aromatic nitrogens is 2. The Labute approximate surface area is 175 Å². The van der Waals surface area contributed by atoms with Crippen LogP contribution < -0.4 is 10.6 Å². The van der Waals surface area contributed by atoms with Gasteiger partial charge in [0.2, 0.25) is 11.9 Å². The summed E-state index contributed by atoms with van der Waals surface area (Å²) in [4.78, 5) is 24.6. The minimum absolute atomic E-state index is 0.0274. The van der Waals surface area contributed by atoms with Crippen LogP contribution in [0.3, 0.4) is 0 Å². The minimum Gasteiger partial charge on any atom is -0.363 e. The predicted molar refractivity (Wildman–Crippen MR) is 113 cm³/mol. The number of likely N-dealkylation sites (tertiary alicyclic amines) is 1. The first-order chi connectivity index (χ1) is 14.5. The van der Waals surface area contributed by atoms with E-state index in [0.717, 1.165) is 38.2 Å². The summed E-state index contributed by atoms with van der Waals surface area (Å²) in [5, 5.41) is 6.41. The minimum atomic E-state index is -0.500. The Morgan fingerprint density at radius 1 is 1.30 bits per heavy atom. The van der Waals surface area contributed by atoms with Crippen LogP contribution in [0.1, 0.15) is 24.0 Å². The molecule has 2 aromatic rings. The molecule has 3 heterocycles. The van der Waals surface area contributed by atoms with Crippen molar-refractivity contribution in [3.63, 3.8) is 0 Å². The number of anilines is 3. The van der Waals surface area contributed by atoms with E-state index in [9.17, 15) is 9.18 Å². The van der Waals surface area contributed by atoms with Crippen LogP contribution in [0.25, 0.3) is 0 Å². The van der Waals surface area contributed by atoms with Gasteiger partial charge in [-0.15, -0.1) is 0 Å². The lowest BCUT2D eigenvalue weighted by atomic mass is 10.1. The fraction of sp³-hybridized carbons (Fsp3) is 0.409. The Kier molecular flexibility index (Phi) is 4.66. The molecule has 2 bridgehead atoms. The number of amides is 1. The second-order valence-electron chi connectivity index (χ2n) is 8.52. The van der Waals surface area contributed by atoms with Crippen LogP contribution in [0.2, 0.25) is 0 Å². The summed E-state index contributed by atoms with van der Waals surface area (Å²) in [7, 11) is 2.09. The molecule has 1 saturated heterocycles. The molecule has 2 fully saturated rings. The Hall–Kier alpha value is -3.00. The van der Waals surface area contributed by atoms with Gasteiger partial charge in [-0.1, -0.05) is 12.6 Å². The van der Waals surface area contributed by atoms with Crippen LogP contribution >= 0.6 is 0 Å². The predicted octanol–water partition coefficient (Wildman–Crippen LogP) is 2.89. The molecule has 0 radical (unpaired) electrons. The maximum absolute atomic E-state index is 14.4. The van der Waals surface area contributed by atoms with E-state index < -0.39 is 5.82 Å². The number of hydrogen-bond donors (Lipinski definition) is 2. The Morgan fingerprint density at radius 2 is 2.13 bits per heavy atom. The normalized spacial score (nSPS) is 24.7. The van der Waals surface area contributed by atoms with Crippen molar-refractivity contribution in [3.8, 4) is 0 Å². The Morgan fingerprint density at radius 3 is 2.93 bits per heavy atom. The van der Waals surface area contributed by atoms with Crippen molar-refractivity contribution in [1.29, 1.82) is 0 Å². The number of piperidine rings is 1. The van der Waals surface area contributed by atoms with E-state index in [-0.39, 0.29) is 23.8 Å². The summed E-state index contributed by atoms with van der Waals surface area (Å²) in [5.74, 6) is 0.370. The molecule has 2 N–H and O–H groups in total. The van der Waals surface area contributed by atoms with Gasteiger partial charge in [-0.2, -0.15) is 4.98 Å². The maximum atomic E-state index is 14.4. The average molecular weight is 408 g/mol. The third kappa shape index (κ3) is 3.41. The van der Waals surface area contributed by atoms with E-state index in [1.54, 1.807) is 0 Å². The molecule has 3 atom stereocenters. The molecule has 1 aliphatic carbocycles. The van der Waals surface area contributed by atoms with Crippen LogP contribution in [0.15, 0.2) is 37.1 Å². The molecule has 1 saturated carbocycles. The van der Waals surface area contributed by atoms with Crippen LogP contribution in [0.4, 0.5) is 21.8 Å². The first-order valence-electron chi connectivity index (χ1n) is 10.3. The zero-order valence-electron chi connectivity index (χ0n) is 16.9. The lowest BCUT2D eigenvalue weighted by molar-refractivity contribution is -0.127. The van der Waals surface area contributed by atoms with Crippen LogP contribution in [-0.2, 0) is 17.9 Å². The van der Waals surface area contributed by atoms with Crippen molar-refractivity contribution in [3.05, 3.63) is 54.0 Å². The molecule has 1 amide bonds. The summed E-state index contributed by atoms with van der Waals surface area (Å²) in [5.41, 5.74) is 3.47. The summed E-state index contributed by atoms with van der Waals surface area (Å²) < 4.78 is 14.4. The average Bonchev–Trinajstić information content (AvgIpc) is 3.42. The molecule has 3 aliphatic rings. The molecule has 5 rings (SSSR count). The van der Waals surface area contributed by atoms with E-state index in [1.807, 2.05) is 11.0 Å². The molecule has 0 spiro atoms. The fourth-order valence-electron chi connectivity index (χ4n) is 5.03. The monoisotopic (exact) mass is 408 g/mol. The molecular weight excluding hydrogens is 383 g/mol. The number of rotatable bonds is 5. The molecule has 156 valence electrons. The number of halogens is 1. The topological polar surface area (TPSA) is 73.4 Å². The van der Waals surface area contributed by atoms with Crippen molar-refractivity contribution in [2.24, 2.45) is 5.92 Å². The van der Waals surface area contributed by atoms with Gasteiger partial charge < -0.3 is 15.5 Å². The third-order valence-electron chi connectivity index (χ3n) is 6.35. The van der Waals surface area contributed by atoms with Crippen molar-refractivity contribution in [1.82, 2.24) is 19.8 Å². The molecule has 2 aliphatic heterocycles. The SMILES string of the molecule is C=CC(=O)N1CC2CC(Nc3nc(Nc4ccc5c(c4)CN(C)C5)ncc3F)C1C2. The zero-order chi connectivity index (χ0) is 20.8.